The number of likely N-dealkylation sites (N-methyl/N-ethyl adjacent to an activating group) is 1. The highest BCUT2D eigenvalue weighted by Gasteiger charge is 2.15. The van der Waals surface area contributed by atoms with Crippen LogP contribution in [0.25, 0.3) is 0 Å². The van der Waals surface area contributed by atoms with Crippen molar-refractivity contribution in [3.8, 4) is 0 Å². The number of morpholine rings is 1. The quantitative estimate of drug-likeness (QED) is 0.293. The number of nitrogens with one attached hydrogen (secondary N) is 2. The van der Waals surface area contributed by atoms with Gasteiger partial charge >= 0.3 is 0 Å². The van der Waals surface area contributed by atoms with Crippen molar-refractivity contribution in [2.75, 3.05) is 53.5 Å². The molecule has 1 aromatic carbocycles. The Morgan fingerprint density at radius 1 is 1.09 bits per heavy atom. The van der Waals surface area contributed by atoms with Crippen LogP contribution in [0.5, 0.6) is 0 Å². The van der Waals surface area contributed by atoms with Crippen molar-refractivity contribution in [1.29, 1.82) is 0 Å². The number of ether oxygens (including phenoxy) is 1. The van der Waals surface area contributed by atoms with Crippen molar-refractivity contribution in [1.82, 2.24) is 20.4 Å². The molecule has 1 aromatic rings. The number of nitrogens with zero attached hydrogens (tertiary/aromatic N) is 3. The number of halogens is 1. The fourth-order valence-electron chi connectivity index (χ4n) is 4.15. The fourth-order valence-corrected chi connectivity index (χ4v) is 4.15. The zero-order valence-electron chi connectivity index (χ0n) is 19.6. The molecule has 180 valence electrons. The summed E-state index contributed by atoms with van der Waals surface area (Å²) in [7, 11) is 3.55. The maximum atomic E-state index is 12.1. The minimum absolute atomic E-state index is 0. The first-order valence-electron chi connectivity index (χ1n) is 11.7. The first-order valence-corrected chi connectivity index (χ1v) is 11.7. The normalized spacial score (nSPS) is 18.0. The van der Waals surface area contributed by atoms with Crippen LogP contribution in [0.1, 0.15) is 43.2 Å². The highest BCUT2D eigenvalue weighted by molar-refractivity contribution is 14.0. The fraction of sp³-hybridized carbons (Fsp3) is 0.667. The van der Waals surface area contributed by atoms with E-state index in [0.29, 0.717) is 12.5 Å². The first-order chi connectivity index (χ1) is 15.1. The molecule has 0 spiro atoms. The first kappa shape index (κ1) is 26.9. The zero-order valence-corrected chi connectivity index (χ0v) is 22.0. The van der Waals surface area contributed by atoms with Crippen LogP contribution in [-0.2, 0) is 22.6 Å². The predicted octanol–water partition coefficient (Wildman–Crippen LogP) is 2.84. The summed E-state index contributed by atoms with van der Waals surface area (Å²) in [5.41, 5.74) is 2.54. The molecular formula is C24H40IN5O2. The summed E-state index contributed by atoms with van der Waals surface area (Å²) in [6.07, 6.45) is 6.55. The molecule has 2 aliphatic rings. The van der Waals surface area contributed by atoms with Crippen LogP contribution in [0.4, 0.5) is 0 Å². The maximum absolute atomic E-state index is 12.1. The van der Waals surface area contributed by atoms with Crippen LogP contribution < -0.4 is 10.6 Å². The van der Waals surface area contributed by atoms with E-state index in [9.17, 15) is 4.79 Å². The lowest BCUT2D eigenvalue weighted by Crippen LogP contribution is -2.44. The molecule has 2 fully saturated rings. The Morgan fingerprint density at radius 2 is 1.78 bits per heavy atom. The molecule has 32 heavy (non-hydrogen) atoms. The number of carbonyl (C=O) groups excluding carboxylic acids is 1. The molecular weight excluding hydrogens is 517 g/mol. The van der Waals surface area contributed by atoms with Gasteiger partial charge in [0.1, 0.15) is 0 Å². The van der Waals surface area contributed by atoms with E-state index < -0.39 is 0 Å². The standard InChI is InChI=1S/C24H39N5O2.HI/c1-28(2)23(30)18-27-24(25-16-20-8-4-3-5-9-20)26-17-21-10-6-7-11-22(21)19-29-12-14-31-15-13-29;/h6-7,10-11,20H,3-5,8-9,12-19H2,1-2H3,(H2,25,26,27);1H. The van der Waals surface area contributed by atoms with Crippen molar-refractivity contribution in [3.05, 3.63) is 35.4 Å². The Kier molecular flexibility index (Phi) is 12.3. The van der Waals surface area contributed by atoms with Gasteiger partial charge < -0.3 is 20.3 Å². The van der Waals surface area contributed by atoms with Crippen LogP contribution in [0.3, 0.4) is 0 Å². The van der Waals surface area contributed by atoms with Crippen molar-refractivity contribution < 1.29 is 9.53 Å². The zero-order chi connectivity index (χ0) is 21.9. The van der Waals surface area contributed by atoms with Gasteiger partial charge in [-0.2, -0.15) is 0 Å². The molecule has 1 saturated heterocycles. The van der Waals surface area contributed by atoms with Gasteiger partial charge in [0.15, 0.2) is 5.96 Å². The summed E-state index contributed by atoms with van der Waals surface area (Å²) >= 11 is 0. The second-order valence-corrected chi connectivity index (χ2v) is 8.85. The number of rotatable bonds is 8. The Morgan fingerprint density at radius 3 is 2.47 bits per heavy atom. The summed E-state index contributed by atoms with van der Waals surface area (Å²) in [5.74, 6) is 1.46. The lowest BCUT2D eigenvalue weighted by Gasteiger charge is -2.27. The third-order valence-electron chi connectivity index (χ3n) is 6.21. The van der Waals surface area contributed by atoms with Crippen molar-refractivity contribution >= 4 is 35.8 Å². The van der Waals surface area contributed by atoms with Crippen molar-refractivity contribution in [2.45, 2.75) is 45.2 Å². The molecule has 1 aliphatic carbocycles. The molecule has 1 heterocycles. The van der Waals surface area contributed by atoms with E-state index in [0.717, 1.165) is 45.4 Å². The number of carbonyl (C=O) groups is 1. The van der Waals surface area contributed by atoms with Crippen LogP contribution >= 0.6 is 24.0 Å². The molecule has 0 atom stereocenters. The smallest absolute Gasteiger partial charge is 0.241 e. The Balaban J connectivity index is 0.00000363. The van der Waals surface area contributed by atoms with E-state index in [2.05, 4.69) is 39.8 Å². The number of hydrogen-bond donors (Lipinski definition) is 2. The van der Waals surface area contributed by atoms with Crippen molar-refractivity contribution in [2.24, 2.45) is 10.9 Å². The van der Waals surface area contributed by atoms with Crippen LogP contribution in [0, 0.1) is 5.92 Å². The van der Waals surface area contributed by atoms with Gasteiger partial charge in [0, 0.05) is 40.3 Å². The maximum Gasteiger partial charge on any atom is 0.241 e. The van der Waals surface area contributed by atoms with Gasteiger partial charge in [-0.15, -0.1) is 24.0 Å². The van der Waals surface area contributed by atoms with Crippen molar-refractivity contribution in [3.63, 3.8) is 0 Å². The minimum atomic E-state index is 0. The van der Waals surface area contributed by atoms with E-state index >= 15 is 0 Å². The summed E-state index contributed by atoms with van der Waals surface area (Å²) in [6.45, 7) is 6.23. The molecule has 0 radical (unpaired) electrons. The summed E-state index contributed by atoms with van der Waals surface area (Å²) in [5, 5.41) is 6.73. The van der Waals surface area contributed by atoms with Crippen LogP contribution in [0.15, 0.2) is 29.3 Å². The van der Waals surface area contributed by atoms with E-state index in [1.54, 1.807) is 19.0 Å². The van der Waals surface area contributed by atoms with Crippen LogP contribution in [-0.4, -0.2) is 75.2 Å². The number of guanidine groups is 1. The monoisotopic (exact) mass is 557 g/mol. The van der Waals surface area contributed by atoms with Gasteiger partial charge in [-0.25, -0.2) is 4.99 Å². The highest BCUT2D eigenvalue weighted by Crippen LogP contribution is 2.22. The number of hydrogen-bond acceptors (Lipinski definition) is 4. The largest absolute Gasteiger partial charge is 0.379 e. The van der Waals surface area contributed by atoms with Gasteiger partial charge in [0.2, 0.25) is 5.91 Å². The molecule has 2 N–H and O–H groups in total. The lowest BCUT2D eigenvalue weighted by molar-refractivity contribution is -0.127. The second kappa shape index (κ2) is 14.7. The molecule has 0 bridgehead atoms. The van der Waals surface area contributed by atoms with Gasteiger partial charge in [0.05, 0.1) is 26.3 Å². The average Bonchev–Trinajstić information content (AvgIpc) is 2.80. The third kappa shape index (κ3) is 9.23. The third-order valence-corrected chi connectivity index (χ3v) is 6.21. The minimum Gasteiger partial charge on any atom is -0.379 e. The average molecular weight is 558 g/mol. The molecule has 0 aromatic heterocycles. The molecule has 3 rings (SSSR count). The van der Waals surface area contributed by atoms with E-state index in [-0.39, 0.29) is 36.4 Å². The number of aliphatic imine (C=N–C) groups is 1. The summed E-state index contributed by atoms with van der Waals surface area (Å²) in [4.78, 5) is 20.9. The summed E-state index contributed by atoms with van der Waals surface area (Å²) < 4.78 is 5.48. The second-order valence-electron chi connectivity index (χ2n) is 8.85. The van der Waals surface area contributed by atoms with Gasteiger partial charge in [-0.1, -0.05) is 43.5 Å². The molecule has 7 nitrogen and oxygen atoms in total. The van der Waals surface area contributed by atoms with E-state index in [1.165, 1.54) is 43.2 Å². The molecule has 1 saturated carbocycles. The Hall–Kier alpha value is -1.39. The molecule has 8 heteroatoms. The van der Waals surface area contributed by atoms with Gasteiger partial charge in [-0.05, 0) is 29.9 Å². The predicted molar refractivity (Wildman–Crippen MR) is 140 cm³/mol. The van der Waals surface area contributed by atoms with E-state index in [4.69, 9.17) is 9.73 Å². The Labute approximate surface area is 210 Å². The van der Waals surface area contributed by atoms with E-state index in [1.807, 2.05) is 0 Å². The molecule has 1 aliphatic heterocycles. The van der Waals surface area contributed by atoms with Gasteiger partial charge in [-0.3, -0.25) is 9.69 Å². The van der Waals surface area contributed by atoms with Gasteiger partial charge in [0.25, 0.3) is 0 Å². The molecule has 0 unspecified atom stereocenters. The summed E-state index contributed by atoms with van der Waals surface area (Å²) in [6, 6.07) is 8.52. The number of amides is 1. The highest BCUT2D eigenvalue weighted by atomic mass is 127. The number of benzene rings is 1. The Bertz CT molecular complexity index is 716. The van der Waals surface area contributed by atoms with Crippen LogP contribution in [0.2, 0.25) is 0 Å². The SMILES string of the molecule is CN(C)C(=O)CNC(=NCc1ccccc1CN1CCOCC1)NCC1CCCCC1.I. The lowest BCUT2D eigenvalue weighted by atomic mass is 9.89. The molecule has 1 amide bonds. The topological polar surface area (TPSA) is 69.2 Å².